The summed E-state index contributed by atoms with van der Waals surface area (Å²) in [6.45, 7) is 2.82. The fourth-order valence-corrected chi connectivity index (χ4v) is 2.89. The fraction of sp³-hybridized carbons (Fsp3) is 0.353. The second-order valence-electron chi connectivity index (χ2n) is 5.45. The van der Waals surface area contributed by atoms with Crippen LogP contribution in [0.3, 0.4) is 0 Å². The van der Waals surface area contributed by atoms with Gasteiger partial charge in [-0.2, -0.15) is 0 Å². The smallest absolute Gasteiger partial charge is 0.160 e. The van der Waals surface area contributed by atoms with Crippen molar-refractivity contribution in [3.63, 3.8) is 0 Å². The molecule has 0 saturated carbocycles. The van der Waals surface area contributed by atoms with Gasteiger partial charge in [-0.05, 0) is 36.2 Å². The molecule has 2 heterocycles. The number of nitrogens with zero attached hydrogens (tertiary/aromatic N) is 2. The summed E-state index contributed by atoms with van der Waals surface area (Å²) in [5, 5.41) is 13.2. The molecule has 2 N–H and O–H groups in total. The van der Waals surface area contributed by atoms with E-state index in [-0.39, 0.29) is 30.6 Å². The maximum atomic E-state index is 9.71. The molecule has 0 amide bonds. The van der Waals surface area contributed by atoms with Gasteiger partial charge in [-0.1, -0.05) is 12.1 Å². The maximum absolute atomic E-state index is 9.71. The number of nitrogens with one attached hydrogen (secondary N) is 1. The molecule has 1 atom stereocenters. The standard InChI is InChI=1S/C17H21N3O2.2ClH/c1-22-16-11-13(5-6-15(16)21)10-14-12-18-8-9-20(14)17-4-2-3-7-19-17;;/h2-7,11,14,18,21H,8-10,12H2,1H3;2*1H. The van der Waals surface area contributed by atoms with Gasteiger partial charge in [0.25, 0.3) is 0 Å². The number of aromatic hydroxyl groups is 1. The van der Waals surface area contributed by atoms with Crippen LogP contribution in [0.25, 0.3) is 0 Å². The molecule has 0 aliphatic carbocycles. The Bertz CT molecular complexity index is 628. The Kier molecular flexibility index (Phi) is 8.11. The average Bonchev–Trinajstić information content (AvgIpc) is 2.58. The van der Waals surface area contributed by atoms with E-state index in [2.05, 4.69) is 21.3 Å². The number of aromatic nitrogens is 1. The Morgan fingerprint density at radius 1 is 1.29 bits per heavy atom. The lowest BCUT2D eigenvalue weighted by Crippen LogP contribution is -2.52. The van der Waals surface area contributed by atoms with E-state index in [9.17, 15) is 5.11 Å². The van der Waals surface area contributed by atoms with Gasteiger partial charge in [-0.15, -0.1) is 24.8 Å². The van der Waals surface area contributed by atoms with Gasteiger partial charge in [0, 0.05) is 31.9 Å². The van der Waals surface area contributed by atoms with Crippen molar-refractivity contribution >= 4 is 30.6 Å². The third-order valence-electron chi connectivity index (χ3n) is 4.01. The van der Waals surface area contributed by atoms with Crippen molar-refractivity contribution in [1.82, 2.24) is 10.3 Å². The Balaban J connectivity index is 0.00000144. The summed E-state index contributed by atoms with van der Waals surface area (Å²) >= 11 is 0. The summed E-state index contributed by atoms with van der Waals surface area (Å²) in [4.78, 5) is 6.82. The van der Waals surface area contributed by atoms with Crippen LogP contribution in [0, 0.1) is 0 Å². The highest BCUT2D eigenvalue weighted by atomic mass is 35.5. The number of phenols is 1. The maximum Gasteiger partial charge on any atom is 0.160 e. The molecular weight excluding hydrogens is 349 g/mol. The molecule has 1 unspecified atom stereocenters. The quantitative estimate of drug-likeness (QED) is 0.864. The molecule has 0 spiro atoms. The van der Waals surface area contributed by atoms with Crippen molar-refractivity contribution in [2.45, 2.75) is 12.5 Å². The number of hydrogen-bond acceptors (Lipinski definition) is 5. The Labute approximate surface area is 154 Å². The van der Waals surface area contributed by atoms with E-state index in [0.29, 0.717) is 11.8 Å². The van der Waals surface area contributed by atoms with E-state index >= 15 is 0 Å². The highest BCUT2D eigenvalue weighted by Gasteiger charge is 2.23. The van der Waals surface area contributed by atoms with Crippen LogP contribution in [0.4, 0.5) is 5.82 Å². The monoisotopic (exact) mass is 371 g/mol. The number of ether oxygens (including phenoxy) is 1. The van der Waals surface area contributed by atoms with E-state index in [1.165, 1.54) is 0 Å². The van der Waals surface area contributed by atoms with Gasteiger partial charge in [-0.3, -0.25) is 0 Å². The summed E-state index contributed by atoms with van der Waals surface area (Å²) in [5.41, 5.74) is 1.14. The lowest BCUT2D eigenvalue weighted by atomic mass is 10.0. The first-order valence-corrected chi connectivity index (χ1v) is 7.52. The number of hydrogen-bond donors (Lipinski definition) is 2. The lowest BCUT2D eigenvalue weighted by Gasteiger charge is -2.37. The number of pyridine rings is 1. The molecule has 132 valence electrons. The number of phenolic OH excluding ortho intramolecular Hbond substituents is 1. The topological polar surface area (TPSA) is 57.6 Å². The number of anilines is 1. The van der Waals surface area contributed by atoms with E-state index in [0.717, 1.165) is 37.4 Å². The van der Waals surface area contributed by atoms with Gasteiger partial charge in [0.2, 0.25) is 0 Å². The Morgan fingerprint density at radius 3 is 2.83 bits per heavy atom. The Hall–Kier alpha value is -1.69. The van der Waals surface area contributed by atoms with Gasteiger partial charge in [0.1, 0.15) is 5.82 Å². The predicted molar refractivity (Wildman–Crippen MR) is 101 cm³/mol. The minimum atomic E-state index is 0. The summed E-state index contributed by atoms with van der Waals surface area (Å²) in [7, 11) is 1.57. The molecule has 1 saturated heterocycles. The van der Waals surface area contributed by atoms with Crippen LogP contribution in [0.5, 0.6) is 11.5 Å². The van der Waals surface area contributed by atoms with Gasteiger partial charge in [0.05, 0.1) is 7.11 Å². The first-order valence-electron chi connectivity index (χ1n) is 7.52. The van der Waals surface area contributed by atoms with Crippen molar-refractivity contribution in [1.29, 1.82) is 0 Å². The second kappa shape index (κ2) is 9.57. The molecular formula is C17H23Cl2N3O2. The van der Waals surface area contributed by atoms with Gasteiger partial charge >= 0.3 is 0 Å². The van der Waals surface area contributed by atoms with Crippen LogP contribution in [-0.4, -0.2) is 42.9 Å². The number of methoxy groups -OCH3 is 1. The first-order chi connectivity index (χ1) is 10.8. The average molecular weight is 372 g/mol. The molecule has 1 fully saturated rings. The summed E-state index contributed by atoms with van der Waals surface area (Å²) in [6, 6.07) is 11.9. The second-order valence-corrected chi connectivity index (χ2v) is 5.45. The van der Waals surface area contributed by atoms with Crippen molar-refractivity contribution < 1.29 is 9.84 Å². The summed E-state index contributed by atoms with van der Waals surface area (Å²) in [6.07, 6.45) is 2.71. The van der Waals surface area contributed by atoms with Crippen molar-refractivity contribution in [3.8, 4) is 11.5 Å². The van der Waals surface area contributed by atoms with Crippen molar-refractivity contribution in [3.05, 3.63) is 48.2 Å². The largest absolute Gasteiger partial charge is 0.504 e. The van der Waals surface area contributed by atoms with E-state index in [4.69, 9.17) is 4.74 Å². The Morgan fingerprint density at radius 2 is 2.12 bits per heavy atom. The third-order valence-corrected chi connectivity index (χ3v) is 4.01. The van der Waals surface area contributed by atoms with Crippen LogP contribution >= 0.6 is 24.8 Å². The molecule has 2 aromatic rings. The molecule has 1 aliphatic rings. The fourth-order valence-electron chi connectivity index (χ4n) is 2.89. The molecule has 24 heavy (non-hydrogen) atoms. The van der Waals surface area contributed by atoms with E-state index in [1.807, 2.05) is 30.5 Å². The molecule has 1 aromatic heterocycles. The predicted octanol–water partition coefficient (Wildman–Crippen LogP) is 2.66. The minimum absolute atomic E-state index is 0. The van der Waals surface area contributed by atoms with Crippen molar-refractivity contribution in [2.75, 3.05) is 31.6 Å². The van der Waals surface area contributed by atoms with Gasteiger partial charge in [-0.25, -0.2) is 4.98 Å². The zero-order chi connectivity index (χ0) is 15.4. The molecule has 0 bridgehead atoms. The van der Waals surface area contributed by atoms with Gasteiger partial charge < -0.3 is 20.1 Å². The van der Waals surface area contributed by atoms with Crippen LogP contribution in [0.15, 0.2) is 42.6 Å². The first kappa shape index (κ1) is 20.4. The molecule has 1 aromatic carbocycles. The van der Waals surface area contributed by atoms with Crippen LogP contribution in [0.1, 0.15) is 5.56 Å². The summed E-state index contributed by atoms with van der Waals surface area (Å²) in [5.74, 6) is 1.71. The lowest BCUT2D eigenvalue weighted by molar-refractivity contribution is 0.372. The van der Waals surface area contributed by atoms with Crippen molar-refractivity contribution in [2.24, 2.45) is 0 Å². The molecule has 0 radical (unpaired) electrons. The number of piperazine rings is 1. The zero-order valence-corrected chi connectivity index (χ0v) is 15.1. The van der Waals surface area contributed by atoms with Crippen LogP contribution in [0.2, 0.25) is 0 Å². The highest BCUT2D eigenvalue weighted by Crippen LogP contribution is 2.27. The SMILES string of the molecule is COc1cc(CC2CNCCN2c2ccccn2)ccc1O.Cl.Cl. The minimum Gasteiger partial charge on any atom is -0.504 e. The third kappa shape index (κ3) is 4.66. The molecule has 7 heteroatoms. The molecule has 1 aliphatic heterocycles. The summed E-state index contributed by atoms with van der Waals surface area (Å²) < 4.78 is 5.19. The van der Waals surface area contributed by atoms with E-state index < -0.39 is 0 Å². The van der Waals surface area contributed by atoms with Crippen LogP contribution < -0.4 is 15.0 Å². The number of halogens is 2. The number of benzene rings is 1. The zero-order valence-electron chi connectivity index (χ0n) is 13.5. The number of rotatable bonds is 4. The van der Waals surface area contributed by atoms with E-state index in [1.54, 1.807) is 13.2 Å². The molecule has 3 rings (SSSR count). The van der Waals surface area contributed by atoms with Crippen LogP contribution in [-0.2, 0) is 6.42 Å². The molecule has 5 nitrogen and oxygen atoms in total. The van der Waals surface area contributed by atoms with Gasteiger partial charge in [0.15, 0.2) is 11.5 Å². The highest BCUT2D eigenvalue weighted by molar-refractivity contribution is 5.85. The normalized spacial score (nSPS) is 16.7.